The lowest BCUT2D eigenvalue weighted by molar-refractivity contribution is -0.136. The Morgan fingerprint density at radius 1 is 1.25 bits per heavy atom. The molecule has 16 heavy (non-hydrogen) atoms. The van der Waals surface area contributed by atoms with E-state index in [1.807, 2.05) is 0 Å². The van der Waals surface area contributed by atoms with Crippen LogP contribution in [0.2, 0.25) is 0 Å². The van der Waals surface area contributed by atoms with E-state index in [1.54, 1.807) is 0 Å². The van der Waals surface area contributed by atoms with Gasteiger partial charge in [-0.05, 0) is 6.07 Å². The molecule has 0 saturated carbocycles. The van der Waals surface area contributed by atoms with E-state index in [0.717, 1.165) is 0 Å². The highest BCUT2D eigenvalue weighted by atomic mass is 19.4. The van der Waals surface area contributed by atoms with E-state index in [0.29, 0.717) is 6.20 Å². The van der Waals surface area contributed by atoms with E-state index in [-0.39, 0.29) is 16.6 Å². The molecule has 0 radical (unpaired) electrons. The molecule has 0 amide bonds. The molecule has 0 bridgehead atoms. The van der Waals surface area contributed by atoms with Gasteiger partial charge in [0, 0.05) is 17.0 Å². The molecule has 3 N–H and O–H groups in total. The molecule has 2 aromatic rings. The minimum atomic E-state index is -4.57. The molecule has 0 fully saturated rings. The number of nitrogens with two attached hydrogens (primary N) is 1. The van der Waals surface area contributed by atoms with E-state index < -0.39 is 17.5 Å². The number of halogens is 3. The Morgan fingerprint density at radius 3 is 2.56 bits per heavy atom. The molecular formula is C10H7F3N2O. The van der Waals surface area contributed by atoms with Gasteiger partial charge in [0.05, 0.1) is 5.56 Å². The second-order valence-corrected chi connectivity index (χ2v) is 3.25. The zero-order chi connectivity index (χ0) is 11.9. The zero-order valence-electron chi connectivity index (χ0n) is 7.92. The lowest BCUT2D eigenvalue weighted by Crippen LogP contribution is -2.07. The number of benzene rings is 1. The molecule has 0 unspecified atom stereocenters. The molecule has 3 nitrogen and oxygen atoms in total. The number of fused-ring (bicyclic) bond motifs is 1. The number of nitrogen functional groups attached to an aromatic ring is 1. The van der Waals surface area contributed by atoms with Crippen LogP contribution in [-0.2, 0) is 6.18 Å². The quantitative estimate of drug-likeness (QED) is 0.728. The Morgan fingerprint density at radius 2 is 1.94 bits per heavy atom. The first kappa shape index (κ1) is 10.5. The van der Waals surface area contributed by atoms with Gasteiger partial charge in [-0.3, -0.25) is 0 Å². The smallest absolute Gasteiger partial charge is 0.418 e. The Balaban J connectivity index is 2.92. The molecule has 2 rings (SSSR count). The number of aromatic hydroxyl groups is 1. The van der Waals surface area contributed by atoms with E-state index in [4.69, 9.17) is 5.73 Å². The molecule has 0 aliphatic rings. The average molecular weight is 228 g/mol. The summed E-state index contributed by atoms with van der Waals surface area (Å²) >= 11 is 0. The molecule has 0 saturated heterocycles. The van der Waals surface area contributed by atoms with Crippen molar-refractivity contribution in [2.45, 2.75) is 6.18 Å². The van der Waals surface area contributed by atoms with Crippen molar-refractivity contribution in [1.82, 2.24) is 4.98 Å². The van der Waals surface area contributed by atoms with Gasteiger partial charge in [-0.25, -0.2) is 4.98 Å². The second-order valence-electron chi connectivity index (χ2n) is 3.25. The van der Waals surface area contributed by atoms with Crippen molar-refractivity contribution in [1.29, 1.82) is 0 Å². The third-order valence-electron chi connectivity index (χ3n) is 2.23. The van der Waals surface area contributed by atoms with Crippen LogP contribution in [0.1, 0.15) is 5.56 Å². The number of phenolic OH excluding ortho intramolecular Hbond substituents is 1. The Kier molecular flexibility index (Phi) is 2.15. The molecule has 84 valence electrons. The summed E-state index contributed by atoms with van der Waals surface area (Å²) in [6.07, 6.45) is -3.95. The van der Waals surface area contributed by atoms with Gasteiger partial charge in [0.15, 0.2) is 0 Å². The van der Waals surface area contributed by atoms with Crippen molar-refractivity contribution in [2.75, 3.05) is 5.73 Å². The van der Waals surface area contributed by atoms with Gasteiger partial charge in [-0.15, -0.1) is 0 Å². The van der Waals surface area contributed by atoms with Gasteiger partial charge < -0.3 is 10.8 Å². The van der Waals surface area contributed by atoms with Crippen molar-refractivity contribution in [3.8, 4) is 5.75 Å². The molecule has 0 spiro atoms. The molecule has 0 atom stereocenters. The number of pyridine rings is 1. The van der Waals surface area contributed by atoms with Crippen LogP contribution in [0.25, 0.3) is 10.8 Å². The van der Waals surface area contributed by atoms with Gasteiger partial charge in [-0.2, -0.15) is 13.2 Å². The number of aromatic nitrogens is 1. The first-order chi connectivity index (χ1) is 7.41. The summed E-state index contributed by atoms with van der Waals surface area (Å²) in [5.74, 6) is -0.502. The summed E-state index contributed by atoms with van der Waals surface area (Å²) in [6.45, 7) is 0. The van der Waals surface area contributed by atoms with Crippen LogP contribution in [-0.4, -0.2) is 10.1 Å². The van der Waals surface area contributed by atoms with E-state index >= 15 is 0 Å². The third-order valence-corrected chi connectivity index (χ3v) is 2.23. The zero-order valence-corrected chi connectivity index (χ0v) is 7.92. The van der Waals surface area contributed by atoms with Crippen molar-refractivity contribution >= 4 is 16.6 Å². The van der Waals surface area contributed by atoms with Gasteiger partial charge in [0.1, 0.15) is 11.6 Å². The number of hydrogen-bond donors (Lipinski definition) is 2. The molecule has 1 heterocycles. The standard InChI is InChI=1S/C10H7F3N2O/c11-10(12,13)6-4-15-9(14)5-2-1-3-7(16)8(5)6/h1-4,16H,(H2,14,15). The van der Waals surface area contributed by atoms with Gasteiger partial charge >= 0.3 is 6.18 Å². The topological polar surface area (TPSA) is 59.1 Å². The van der Waals surface area contributed by atoms with Crippen LogP contribution >= 0.6 is 0 Å². The van der Waals surface area contributed by atoms with Crippen LogP contribution in [0, 0.1) is 0 Å². The van der Waals surface area contributed by atoms with Crippen LogP contribution in [0.15, 0.2) is 24.4 Å². The predicted octanol–water partition coefficient (Wildman–Crippen LogP) is 2.54. The summed E-state index contributed by atoms with van der Waals surface area (Å²) in [5, 5.41) is 9.23. The largest absolute Gasteiger partial charge is 0.507 e. The summed E-state index contributed by atoms with van der Waals surface area (Å²) in [7, 11) is 0. The third kappa shape index (κ3) is 1.52. The molecular weight excluding hydrogens is 221 g/mol. The van der Waals surface area contributed by atoms with Gasteiger partial charge in [-0.1, -0.05) is 12.1 Å². The number of hydrogen-bond acceptors (Lipinski definition) is 3. The fourth-order valence-corrected chi connectivity index (χ4v) is 1.52. The molecule has 0 aliphatic carbocycles. The number of anilines is 1. The maximum Gasteiger partial charge on any atom is 0.418 e. The summed E-state index contributed by atoms with van der Waals surface area (Å²) in [6, 6.07) is 3.97. The minimum Gasteiger partial charge on any atom is -0.507 e. The summed E-state index contributed by atoms with van der Waals surface area (Å²) in [4.78, 5) is 3.46. The second kappa shape index (κ2) is 3.26. The lowest BCUT2D eigenvalue weighted by atomic mass is 10.1. The summed E-state index contributed by atoms with van der Waals surface area (Å²) < 4.78 is 37.9. The maximum atomic E-state index is 12.6. The van der Waals surface area contributed by atoms with Crippen molar-refractivity contribution in [3.63, 3.8) is 0 Å². The number of rotatable bonds is 0. The molecule has 1 aromatic carbocycles. The predicted molar refractivity (Wildman–Crippen MR) is 52.8 cm³/mol. The van der Waals surface area contributed by atoms with E-state index in [1.165, 1.54) is 18.2 Å². The minimum absolute atomic E-state index is 0.0427. The normalized spacial score (nSPS) is 11.9. The molecule has 1 aromatic heterocycles. The van der Waals surface area contributed by atoms with Crippen LogP contribution in [0.5, 0.6) is 5.75 Å². The number of phenols is 1. The van der Waals surface area contributed by atoms with E-state index in [2.05, 4.69) is 4.98 Å². The number of alkyl halides is 3. The highest BCUT2D eigenvalue weighted by molar-refractivity contribution is 5.97. The first-order valence-electron chi connectivity index (χ1n) is 4.34. The van der Waals surface area contributed by atoms with Gasteiger partial charge in [0.25, 0.3) is 0 Å². The highest BCUT2D eigenvalue weighted by Gasteiger charge is 2.34. The maximum absolute atomic E-state index is 12.6. The Labute approximate surface area is 88.3 Å². The monoisotopic (exact) mass is 228 g/mol. The first-order valence-corrected chi connectivity index (χ1v) is 4.34. The fourth-order valence-electron chi connectivity index (χ4n) is 1.52. The van der Waals surface area contributed by atoms with Crippen molar-refractivity contribution < 1.29 is 18.3 Å². The SMILES string of the molecule is Nc1ncc(C(F)(F)F)c2c(O)cccc12. The highest BCUT2D eigenvalue weighted by Crippen LogP contribution is 2.39. The van der Waals surface area contributed by atoms with Crippen molar-refractivity contribution in [3.05, 3.63) is 30.0 Å². The van der Waals surface area contributed by atoms with Crippen LogP contribution in [0.4, 0.5) is 19.0 Å². The summed E-state index contributed by atoms with van der Waals surface area (Å²) in [5.41, 5.74) is 4.46. The molecule has 0 aliphatic heterocycles. The van der Waals surface area contributed by atoms with Crippen LogP contribution in [0.3, 0.4) is 0 Å². The van der Waals surface area contributed by atoms with Crippen LogP contribution < -0.4 is 5.73 Å². The Bertz CT molecular complexity index is 551. The Hall–Kier alpha value is -1.98. The lowest BCUT2D eigenvalue weighted by Gasteiger charge is -2.11. The average Bonchev–Trinajstić information content (AvgIpc) is 2.18. The fraction of sp³-hybridized carbons (Fsp3) is 0.100. The number of nitrogens with zero attached hydrogens (tertiary/aromatic N) is 1. The van der Waals surface area contributed by atoms with E-state index in [9.17, 15) is 18.3 Å². The molecule has 6 heteroatoms. The van der Waals surface area contributed by atoms with Crippen molar-refractivity contribution in [2.24, 2.45) is 0 Å². The van der Waals surface area contributed by atoms with Gasteiger partial charge in [0.2, 0.25) is 0 Å².